The van der Waals surface area contributed by atoms with Gasteiger partial charge in [0.2, 0.25) is 5.88 Å². The lowest BCUT2D eigenvalue weighted by Gasteiger charge is -2.15. The van der Waals surface area contributed by atoms with E-state index in [0.717, 1.165) is 11.3 Å². The van der Waals surface area contributed by atoms with Crippen molar-refractivity contribution in [2.75, 3.05) is 0 Å². The molecule has 1 radical (unpaired) electrons. The molecule has 0 atom stereocenters. The summed E-state index contributed by atoms with van der Waals surface area (Å²) in [4.78, 5) is 3.45. The molecule has 0 spiro atoms. The first-order chi connectivity index (χ1) is 9.18. The van der Waals surface area contributed by atoms with E-state index in [1.165, 1.54) is 5.38 Å². The predicted molar refractivity (Wildman–Crippen MR) is 57.5 cm³/mol. The Morgan fingerprint density at radius 1 is 1.05 bits per heavy atom. The van der Waals surface area contributed by atoms with Crippen molar-refractivity contribution in [3.63, 3.8) is 0 Å². The van der Waals surface area contributed by atoms with Crippen molar-refractivity contribution < 1.29 is 31.1 Å². The van der Waals surface area contributed by atoms with Gasteiger partial charge >= 0.3 is 12.4 Å². The van der Waals surface area contributed by atoms with Crippen LogP contribution in [0.1, 0.15) is 11.1 Å². The summed E-state index contributed by atoms with van der Waals surface area (Å²) < 4.78 is 80.5. The second kappa shape index (κ2) is 4.97. The van der Waals surface area contributed by atoms with E-state index in [1.807, 2.05) is 0 Å². The van der Waals surface area contributed by atoms with Crippen LogP contribution in [0, 0.1) is 5.51 Å². The lowest BCUT2D eigenvalue weighted by Crippen LogP contribution is -2.10. The fourth-order valence-electron chi connectivity index (χ4n) is 1.35. The van der Waals surface area contributed by atoms with Crippen LogP contribution < -0.4 is 4.74 Å². The third-order valence-electron chi connectivity index (χ3n) is 2.20. The fourth-order valence-corrected chi connectivity index (χ4v) is 1.75. The lowest BCUT2D eigenvalue weighted by atomic mass is 10.1. The van der Waals surface area contributed by atoms with Crippen LogP contribution in [0.2, 0.25) is 0 Å². The molecule has 0 bridgehead atoms. The van der Waals surface area contributed by atoms with Gasteiger partial charge in [0.05, 0.1) is 16.5 Å². The van der Waals surface area contributed by atoms with E-state index in [9.17, 15) is 26.3 Å². The summed E-state index contributed by atoms with van der Waals surface area (Å²) in [5.41, 5.74) is -0.227. The van der Waals surface area contributed by atoms with Gasteiger partial charge in [0.1, 0.15) is 5.75 Å². The zero-order valence-corrected chi connectivity index (χ0v) is 10.2. The molecule has 0 aliphatic heterocycles. The molecule has 0 amide bonds. The van der Waals surface area contributed by atoms with E-state index in [0.29, 0.717) is 18.2 Å². The largest absolute Gasteiger partial charge is 0.437 e. The molecule has 0 N–H and O–H groups in total. The van der Waals surface area contributed by atoms with Gasteiger partial charge < -0.3 is 4.74 Å². The molecule has 2 nitrogen and oxygen atoms in total. The maximum Gasteiger partial charge on any atom is 0.419 e. The van der Waals surface area contributed by atoms with Gasteiger partial charge in [-0.2, -0.15) is 31.3 Å². The number of halogens is 6. The lowest BCUT2D eigenvalue weighted by molar-refractivity contribution is -0.142. The van der Waals surface area contributed by atoms with Gasteiger partial charge in [-0.05, 0) is 18.2 Å². The summed E-state index contributed by atoms with van der Waals surface area (Å²) in [6, 6.07) is 0.971. The minimum Gasteiger partial charge on any atom is -0.437 e. The number of hydrogen-bond acceptors (Lipinski definition) is 3. The minimum absolute atomic E-state index is 0.250. The van der Waals surface area contributed by atoms with Crippen LogP contribution in [0.4, 0.5) is 26.3 Å². The van der Waals surface area contributed by atoms with Crippen molar-refractivity contribution >= 4 is 11.3 Å². The number of ether oxygens (including phenoxy) is 1. The molecular formula is C11H4F6NOS. The number of nitrogens with zero attached hydrogens (tertiary/aromatic N) is 1. The molecule has 0 aliphatic carbocycles. The third-order valence-corrected chi connectivity index (χ3v) is 2.71. The molecule has 1 aromatic carbocycles. The highest BCUT2D eigenvalue weighted by atomic mass is 32.1. The van der Waals surface area contributed by atoms with Crippen LogP contribution in [-0.4, -0.2) is 4.98 Å². The Hall–Kier alpha value is -1.77. The first-order valence-electron chi connectivity index (χ1n) is 4.96. The second-order valence-corrected chi connectivity index (χ2v) is 4.24. The number of rotatable bonds is 2. The molecule has 2 aromatic rings. The molecular weight excluding hydrogens is 308 g/mol. The van der Waals surface area contributed by atoms with E-state index < -0.39 is 29.2 Å². The zero-order chi connectivity index (χ0) is 15.0. The van der Waals surface area contributed by atoms with Crippen LogP contribution >= 0.6 is 11.3 Å². The Kier molecular flexibility index (Phi) is 3.63. The van der Waals surface area contributed by atoms with Crippen LogP contribution in [0.5, 0.6) is 11.6 Å². The number of alkyl halides is 6. The van der Waals surface area contributed by atoms with Crippen molar-refractivity contribution in [2.45, 2.75) is 12.4 Å². The van der Waals surface area contributed by atoms with E-state index >= 15 is 0 Å². The molecule has 1 aromatic heterocycles. The molecule has 9 heteroatoms. The van der Waals surface area contributed by atoms with Crippen LogP contribution in [0.3, 0.4) is 0 Å². The average Bonchev–Trinajstić information content (AvgIpc) is 2.79. The molecule has 2 rings (SSSR count). The second-order valence-electron chi connectivity index (χ2n) is 3.59. The highest BCUT2D eigenvalue weighted by Gasteiger charge is 2.38. The summed E-state index contributed by atoms with van der Waals surface area (Å²) in [5.74, 6) is -1.20. The summed E-state index contributed by atoms with van der Waals surface area (Å²) in [5, 5.41) is 1.22. The fraction of sp³-hybridized carbons (Fsp3) is 0.182. The molecule has 20 heavy (non-hydrogen) atoms. The Morgan fingerprint density at radius 2 is 1.75 bits per heavy atom. The standard InChI is InChI=1S/C11H4F6NOS/c12-10(13,14)6-1-2-7(11(15,16)17)8(3-6)19-9-4-20-5-18-9/h1-4H. The Morgan fingerprint density at radius 3 is 2.25 bits per heavy atom. The van der Waals surface area contributed by atoms with Gasteiger partial charge in [-0.3, -0.25) is 0 Å². The molecule has 0 saturated heterocycles. The smallest absolute Gasteiger partial charge is 0.419 e. The van der Waals surface area contributed by atoms with Crippen molar-refractivity contribution in [2.24, 2.45) is 0 Å². The molecule has 107 valence electrons. The van der Waals surface area contributed by atoms with E-state index in [2.05, 4.69) is 10.5 Å². The maximum absolute atomic E-state index is 12.7. The van der Waals surface area contributed by atoms with Gasteiger partial charge in [-0.25, -0.2) is 0 Å². The number of benzene rings is 1. The van der Waals surface area contributed by atoms with Gasteiger partial charge in [0, 0.05) is 0 Å². The van der Waals surface area contributed by atoms with Crippen molar-refractivity contribution in [3.05, 3.63) is 40.2 Å². The number of aromatic nitrogens is 1. The highest BCUT2D eigenvalue weighted by Crippen LogP contribution is 2.41. The third kappa shape index (κ3) is 3.21. The van der Waals surface area contributed by atoms with Crippen LogP contribution in [0.15, 0.2) is 23.6 Å². The monoisotopic (exact) mass is 312 g/mol. The quantitative estimate of drug-likeness (QED) is 0.745. The predicted octanol–water partition coefficient (Wildman–Crippen LogP) is 4.77. The van der Waals surface area contributed by atoms with Gasteiger partial charge in [0.25, 0.3) is 0 Å². The average molecular weight is 312 g/mol. The molecule has 1 heterocycles. The number of hydrogen-bond donors (Lipinski definition) is 0. The van der Waals surface area contributed by atoms with Gasteiger partial charge in [0.15, 0.2) is 5.51 Å². The molecule has 0 aliphatic rings. The summed E-state index contributed by atoms with van der Waals surface area (Å²) >= 11 is 0.917. The van der Waals surface area contributed by atoms with E-state index in [-0.39, 0.29) is 5.88 Å². The van der Waals surface area contributed by atoms with Crippen LogP contribution in [0.25, 0.3) is 0 Å². The Bertz CT molecular complexity index is 590. The van der Waals surface area contributed by atoms with Crippen LogP contribution in [-0.2, 0) is 12.4 Å². The first kappa shape index (κ1) is 14.6. The summed E-state index contributed by atoms with van der Waals surface area (Å²) in [6.07, 6.45) is -9.60. The van der Waals surface area contributed by atoms with E-state index in [4.69, 9.17) is 4.74 Å². The van der Waals surface area contributed by atoms with Gasteiger partial charge in [-0.15, -0.1) is 11.3 Å². The van der Waals surface area contributed by atoms with Gasteiger partial charge in [-0.1, -0.05) is 0 Å². The Labute approximate surface area is 112 Å². The van der Waals surface area contributed by atoms with E-state index in [1.54, 1.807) is 0 Å². The number of thiazole rings is 1. The normalized spacial score (nSPS) is 12.5. The van der Waals surface area contributed by atoms with Crippen molar-refractivity contribution in [1.82, 2.24) is 4.98 Å². The molecule has 0 fully saturated rings. The summed E-state index contributed by atoms with van der Waals surface area (Å²) in [7, 11) is 0. The Balaban J connectivity index is 2.48. The minimum atomic E-state index is -4.83. The highest BCUT2D eigenvalue weighted by molar-refractivity contribution is 7.07. The van der Waals surface area contributed by atoms with Crippen molar-refractivity contribution in [3.8, 4) is 11.6 Å². The topological polar surface area (TPSA) is 22.1 Å². The molecule has 0 unspecified atom stereocenters. The van der Waals surface area contributed by atoms with Crippen molar-refractivity contribution in [1.29, 1.82) is 0 Å². The SMILES string of the molecule is FC(F)(F)c1ccc(C(F)(F)F)c(Oc2cs[c]n2)c1. The zero-order valence-electron chi connectivity index (χ0n) is 9.34. The summed E-state index contributed by atoms with van der Waals surface area (Å²) in [6.45, 7) is 0. The maximum atomic E-state index is 12.7. The first-order valence-corrected chi connectivity index (χ1v) is 5.84. The molecule has 0 saturated carbocycles.